The number of nitrogens with one attached hydrogen (secondary N) is 1. The van der Waals surface area contributed by atoms with Gasteiger partial charge in [0.05, 0.1) is 23.2 Å². The number of benzene rings is 3. The molecule has 8 heteroatoms. The van der Waals surface area contributed by atoms with E-state index in [1.54, 1.807) is 18.2 Å². The van der Waals surface area contributed by atoms with Crippen LogP contribution in [0.5, 0.6) is 0 Å². The second kappa shape index (κ2) is 9.57. The minimum absolute atomic E-state index is 0.166. The number of fused-ring (bicyclic) bond motifs is 2. The fourth-order valence-electron chi connectivity index (χ4n) is 5.66. The highest BCUT2D eigenvalue weighted by molar-refractivity contribution is 6.21. The average Bonchev–Trinajstić information content (AvgIpc) is 3.57. The number of carbonyl (C=O) groups excluding carboxylic acids is 2. The van der Waals surface area contributed by atoms with Gasteiger partial charge in [-0.2, -0.15) is 4.98 Å². The van der Waals surface area contributed by atoms with E-state index in [1.807, 2.05) is 54.6 Å². The van der Waals surface area contributed by atoms with Crippen LogP contribution in [0.2, 0.25) is 0 Å². The van der Waals surface area contributed by atoms with Crippen LogP contribution >= 0.6 is 0 Å². The highest BCUT2D eigenvalue weighted by atomic mass is 16.5. The summed E-state index contributed by atoms with van der Waals surface area (Å²) >= 11 is 0. The molecule has 5 aromatic rings. The molecular weight excluding hydrogens is 504 g/mol. The van der Waals surface area contributed by atoms with Crippen molar-refractivity contribution in [1.82, 2.24) is 20.0 Å². The van der Waals surface area contributed by atoms with Gasteiger partial charge in [0.2, 0.25) is 5.82 Å². The molecule has 1 N–H and O–H groups in total. The standard InChI is InChI=1S/C32H24N4O4/c37-29-26(17-23-15-21(12-14-27(23)33-29)20-9-5-2-6-10-20)28-34-30(40-35-28)22-11-13-24-25(16-22)32(39)36(31(24)38)18-19-7-3-1-4-8-19/h1-11,13,16-17,21H,12,14-15,18H2,(H,33,37). The summed E-state index contributed by atoms with van der Waals surface area (Å²) in [6.45, 7) is 0.194. The Kier molecular flexibility index (Phi) is 5.73. The molecule has 3 heterocycles. The van der Waals surface area contributed by atoms with Gasteiger partial charge in [-0.05, 0) is 66.1 Å². The van der Waals surface area contributed by atoms with Gasteiger partial charge in [-0.25, -0.2) is 0 Å². The Morgan fingerprint density at radius 2 is 1.60 bits per heavy atom. The van der Waals surface area contributed by atoms with Crippen molar-refractivity contribution in [2.45, 2.75) is 31.7 Å². The van der Waals surface area contributed by atoms with Gasteiger partial charge in [-0.15, -0.1) is 0 Å². The molecule has 2 amide bonds. The van der Waals surface area contributed by atoms with Crippen LogP contribution in [0.15, 0.2) is 94.2 Å². The number of pyridine rings is 1. The summed E-state index contributed by atoms with van der Waals surface area (Å²) in [4.78, 5) is 47.7. The van der Waals surface area contributed by atoms with E-state index >= 15 is 0 Å². The van der Waals surface area contributed by atoms with E-state index < -0.39 is 0 Å². The summed E-state index contributed by atoms with van der Waals surface area (Å²) in [5.41, 5.74) is 5.37. The zero-order valence-corrected chi connectivity index (χ0v) is 21.5. The number of rotatable bonds is 5. The molecule has 1 aliphatic carbocycles. The number of hydrogen-bond acceptors (Lipinski definition) is 6. The molecule has 0 saturated carbocycles. The number of nitrogens with zero attached hydrogens (tertiary/aromatic N) is 3. The predicted molar refractivity (Wildman–Crippen MR) is 148 cm³/mol. The SMILES string of the molecule is O=C1c2ccc(-c3nc(-c4cc5c([nH]c4=O)CCC(c4ccccc4)C5)no3)cc2C(=O)N1Cc1ccccc1. The van der Waals surface area contributed by atoms with Crippen LogP contribution in [-0.2, 0) is 19.4 Å². The van der Waals surface area contributed by atoms with Gasteiger partial charge in [-0.3, -0.25) is 19.3 Å². The van der Waals surface area contributed by atoms with Gasteiger partial charge < -0.3 is 9.51 Å². The van der Waals surface area contributed by atoms with Crippen LogP contribution in [0.3, 0.4) is 0 Å². The maximum atomic E-state index is 13.1. The second-order valence-electron chi connectivity index (χ2n) is 10.2. The van der Waals surface area contributed by atoms with Crippen molar-refractivity contribution < 1.29 is 14.1 Å². The largest absolute Gasteiger partial charge is 0.334 e. The first-order valence-electron chi connectivity index (χ1n) is 13.2. The van der Waals surface area contributed by atoms with Gasteiger partial charge >= 0.3 is 0 Å². The van der Waals surface area contributed by atoms with Gasteiger partial charge in [-0.1, -0.05) is 65.8 Å². The van der Waals surface area contributed by atoms with Gasteiger partial charge in [0.1, 0.15) is 0 Å². The lowest BCUT2D eigenvalue weighted by atomic mass is 9.82. The van der Waals surface area contributed by atoms with Crippen LogP contribution in [0.4, 0.5) is 0 Å². The Morgan fingerprint density at radius 1 is 0.850 bits per heavy atom. The molecule has 3 aromatic carbocycles. The van der Waals surface area contributed by atoms with Crippen LogP contribution in [-0.4, -0.2) is 31.8 Å². The van der Waals surface area contributed by atoms with Gasteiger partial charge in [0.15, 0.2) is 0 Å². The highest BCUT2D eigenvalue weighted by Gasteiger charge is 2.36. The fourth-order valence-corrected chi connectivity index (χ4v) is 5.66. The molecule has 8 nitrogen and oxygen atoms in total. The molecule has 0 bridgehead atoms. The number of H-pyrrole nitrogens is 1. The van der Waals surface area contributed by atoms with Crippen molar-refractivity contribution >= 4 is 11.8 Å². The summed E-state index contributed by atoms with van der Waals surface area (Å²) in [5.74, 6) is 0.00953. The summed E-state index contributed by atoms with van der Waals surface area (Å²) in [6.07, 6.45) is 2.58. The van der Waals surface area contributed by atoms with E-state index in [4.69, 9.17) is 4.52 Å². The Morgan fingerprint density at radius 3 is 2.40 bits per heavy atom. The lowest BCUT2D eigenvalue weighted by Gasteiger charge is -2.24. The zero-order chi connectivity index (χ0) is 27.2. The number of aryl methyl sites for hydroxylation is 1. The third kappa shape index (κ3) is 4.14. The average molecular weight is 529 g/mol. The molecule has 7 rings (SSSR count). The molecule has 0 spiro atoms. The maximum absolute atomic E-state index is 13.1. The molecule has 1 atom stereocenters. The van der Waals surface area contributed by atoms with Crippen molar-refractivity contribution in [1.29, 1.82) is 0 Å². The van der Waals surface area contributed by atoms with Crippen molar-refractivity contribution in [3.63, 3.8) is 0 Å². The number of carbonyl (C=O) groups is 2. The number of aromatic nitrogens is 3. The van der Waals surface area contributed by atoms with Crippen LogP contribution < -0.4 is 5.56 Å². The quantitative estimate of drug-likeness (QED) is 0.316. The van der Waals surface area contributed by atoms with Crippen molar-refractivity contribution in [3.05, 3.63) is 129 Å². The Balaban J connectivity index is 1.16. The lowest BCUT2D eigenvalue weighted by molar-refractivity contribution is 0.0642. The van der Waals surface area contributed by atoms with E-state index in [0.717, 1.165) is 36.1 Å². The molecule has 40 heavy (non-hydrogen) atoms. The zero-order valence-electron chi connectivity index (χ0n) is 21.5. The smallest absolute Gasteiger partial charge is 0.261 e. The molecule has 2 aliphatic rings. The van der Waals surface area contributed by atoms with Crippen molar-refractivity contribution in [3.8, 4) is 22.8 Å². The molecule has 0 fully saturated rings. The number of aromatic amines is 1. The molecular formula is C32H24N4O4. The number of imide groups is 1. The monoisotopic (exact) mass is 528 g/mol. The maximum Gasteiger partial charge on any atom is 0.261 e. The Bertz CT molecular complexity index is 1830. The van der Waals surface area contributed by atoms with E-state index in [-0.39, 0.29) is 41.2 Å². The molecule has 1 aliphatic heterocycles. The third-order valence-corrected chi connectivity index (χ3v) is 7.76. The van der Waals surface area contributed by atoms with E-state index in [2.05, 4.69) is 27.3 Å². The third-order valence-electron chi connectivity index (χ3n) is 7.76. The molecule has 0 saturated heterocycles. The number of hydrogen-bond donors (Lipinski definition) is 1. The van der Waals surface area contributed by atoms with E-state index in [9.17, 15) is 14.4 Å². The number of amides is 2. The minimum Gasteiger partial charge on any atom is -0.334 e. The first kappa shape index (κ1) is 24.0. The summed E-state index contributed by atoms with van der Waals surface area (Å²) < 4.78 is 5.52. The summed E-state index contributed by atoms with van der Waals surface area (Å²) in [5, 5.41) is 4.08. The molecule has 196 valence electrons. The van der Waals surface area contributed by atoms with Crippen molar-refractivity contribution in [2.75, 3.05) is 0 Å². The van der Waals surface area contributed by atoms with Crippen LogP contribution in [0, 0.1) is 0 Å². The Hall–Kier alpha value is -5.11. The summed E-state index contributed by atoms with van der Waals surface area (Å²) in [7, 11) is 0. The minimum atomic E-state index is -0.371. The fraction of sp³-hybridized carbons (Fsp3) is 0.156. The second-order valence-corrected chi connectivity index (χ2v) is 10.2. The van der Waals surface area contributed by atoms with Crippen LogP contribution in [0.25, 0.3) is 22.8 Å². The lowest BCUT2D eigenvalue weighted by Crippen LogP contribution is -2.29. The van der Waals surface area contributed by atoms with Crippen molar-refractivity contribution in [2.24, 2.45) is 0 Å². The first-order chi connectivity index (χ1) is 19.5. The molecule has 1 unspecified atom stereocenters. The Labute approximate surface area is 229 Å². The highest BCUT2D eigenvalue weighted by Crippen LogP contribution is 2.33. The predicted octanol–water partition coefficient (Wildman–Crippen LogP) is 5.16. The summed E-state index contributed by atoms with van der Waals surface area (Å²) in [6, 6.07) is 26.5. The van der Waals surface area contributed by atoms with E-state index in [0.29, 0.717) is 22.6 Å². The van der Waals surface area contributed by atoms with E-state index in [1.165, 1.54) is 10.5 Å². The normalized spacial score (nSPS) is 16.2. The van der Waals surface area contributed by atoms with Crippen LogP contribution in [0.1, 0.15) is 55.4 Å². The molecule has 0 radical (unpaired) electrons. The topological polar surface area (TPSA) is 109 Å². The van der Waals surface area contributed by atoms with Gasteiger partial charge in [0, 0.05) is 11.3 Å². The first-order valence-corrected chi connectivity index (χ1v) is 13.2. The molecule has 2 aromatic heterocycles. The van der Waals surface area contributed by atoms with Gasteiger partial charge in [0.25, 0.3) is 23.3 Å².